The third-order valence-corrected chi connectivity index (χ3v) is 6.84. The SMILES string of the molecule is NCC1CCn2c(cc3c(N4C(=O)C=C(c5cccc6ccccc56)C4=O)cccc32)C1. The highest BCUT2D eigenvalue weighted by Crippen LogP contribution is 2.38. The highest BCUT2D eigenvalue weighted by atomic mass is 16.2. The van der Waals surface area contributed by atoms with Crippen LogP contribution in [-0.4, -0.2) is 22.9 Å². The lowest BCUT2D eigenvalue weighted by atomic mass is 9.96. The number of fused-ring (bicyclic) bond motifs is 4. The van der Waals surface area contributed by atoms with Gasteiger partial charge < -0.3 is 10.3 Å². The van der Waals surface area contributed by atoms with Gasteiger partial charge in [-0.2, -0.15) is 0 Å². The van der Waals surface area contributed by atoms with Crippen LogP contribution in [0, 0.1) is 5.92 Å². The van der Waals surface area contributed by atoms with Gasteiger partial charge in [-0.25, -0.2) is 4.90 Å². The molecule has 0 fully saturated rings. The molecule has 1 unspecified atom stereocenters. The lowest BCUT2D eigenvalue weighted by Crippen LogP contribution is -2.30. The zero-order chi connectivity index (χ0) is 21.8. The van der Waals surface area contributed by atoms with E-state index in [9.17, 15) is 9.59 Å². The normalized spacial score (nSPS) is 18.5. The summed E-state index contributed by atoms with van der Waals surface area (Å²) in [7, 11) is 0. The molecule has 2 N–H and O–H groups in total. The summed E-state index contributed by atoms with van der Waals surface area (Å²) in [5, 5.41) is 2.95. The van der Waals surface area contributed by atoms with Crippen LogP contribution >= 0.6 is 0 Å². The minimum atomic E-state index is -0.297. The Labute approximate surface area is 185 Å². The van der Waals surface area contributed by atoms with Gasteiger partial charge in [0.1, 0.15) is 0 Å². The summed E-state index contributed by atoms with van der Waals surface area (Å²) < 4.78 is 2.30. The van der Waals surface area contributed by atoms with Gasteiger partial charge >= 0.3 is 0 Å². The number of nitrogens with two attached hydrogens (primary N) is 1. The summed E-state index contributed by atoms with van der Waals surface area (Å²) in [5.41, 5.74) is 10.1. The zero-order valence-corrected chi connectivity index (χ0v) is 17.6. The quantitative estimate of drug-likeness (QED) is 0.502. The smallest absolute Gasteiger partial charge is 0.266 e. The fraction of sp³-hybridized carbons (Fsp3) is 0.185. The molecule has 0 saturated carbocycles. The molecule has 2 amide bonds. The molecule has 1 aromatic heterocycles. The first kappa shape index (κ1) is 19.0. The summed E-state index contributed by atoms with van der Waals surface area (Å²) >= 11 is 0. The predicted octanol–water partition coefficient (Wildman–Crippen LogP) is 4.27. The predicted molar refractivity (Wildman–Crippen MR) is 127 cm³/mol. The van der Waals surface area contributed by atoms with Gasteiger partial charge in [0.15, 0.2) is 0 Å². The van der Waals surface area contributed by atoms with Crippen molar-refractivity contribution in [2.24, 2.45) is 11.7 Å². The highest BCUT2D eigenvalue weighted by molar-refractivity contribution is 6.45. The van der Waals surface area contributed by atoms with E-state index in [4.69, 9.17) is 5.73 Å². The second kappa shape index (κ2) is 7.18. The Kier molecular flexibility index (Phi) is 4.26. The first-order valence-electron chi connectivity index (χ1n) is 11.0. The average molecular weight is 422 g/mol. The van der Waals surface area contributed by atoms with Gasteiger partial charge in [-0.1, -0.05) is 48.5 Å². The molecule has 3 aromatic carbocycles. The van der Waals surface area contributed by atoms with Gasteiger partial charge in [0.25, 0.3) is 11.8 Å². The van der Waals surface area contributed by atoms with Crippen molar-refractivity contribution in [3.8, 4) is 0 Å². The number of carbonyl (C=O) groups excluding carboxylic acids is 2. The molecule has 0 saturated heterocycles. The molecule has 32 heavy (non-hydrogen) atoms. The highest BCUT2D eigenvalue weighted by Gasteiger charge is 2.35. The summed E-state index contributed by atoms with van der Waals surface area (Å²) in [6.07, 6.45) is 3.45. The minimum Gasteiger partial charge on any atom is -0.345 e. The Hall–Kier alpha value is -3.70. The van der Waals surface area contributed by atoms with Gasteiger partial charge in [-0.3, -0.25) is 9.59 Å². The third-order valence-electron chi connectivity index (χ3n) is 6.84. The molecule has 158 valence electrons. The van der Waals surface area contributed by atoms with Crippen molar-refractivity contribution in [3.05, 3.63) is 84.1 Å². The number of carbonyl (C=O) groups is 2. The van der Waals surface area contributed by atoms with Crippen molar-refractivity contribution < 1.29 is 9.59 Å². The maximum atomic E-state index is 13.6. The van der Waals surface area contributed by atoms with Gasteiger partial charge in [0.05, 0.1) is 16.8 Å². The van der Waals surface area contributed by atoms with E-state index in [1.807, 2.05) is 54.6 Å². The zero-order valence-electron chi connectivity index (χ0n) is 17.6. The van der Waals surface area contributed by atoms with E-state index in [0.29, 0.717) is 23.7 Å². The van der Waals surface area contributed by atoms with E-state index in [1.165, 1.54) is 16.7 Å². The minimum absolute atomic E-state index is 0.275. The summed E-state index contributed by atoms with van der Waals surface area (Å²) in [4.78, 5) is 28.0. The third kappa shape index (κ3) is 2.75. The standard InChI is InChI=1S/C27H23N3O2/c28-16-17-11-12-29-19(13-17)14-23-24(29)9-4-10-25(23)30-26(31)15-22(27(30)32)21-8-3-6-18-5-1-2-7-20(18)21/h1-10,14-15,17H,11-13,16,28H2. The van der Waals surface area contributed by atoms with E-state index in [0.717, 1.165) is 46.6 Å². The van der Waals surface area contributed by atoms with Crippen LogP contribution in [0.1, 0.15) is 17.7 Å². The number of imide groups is 1. The van der Waals surface area contributed by atoms with E-state index in [2.05, 4.69) is 16.7 Å². The molecule has 4 aromatic rings. The van der Waals surface area contributed by atoms with Gasteiger partial charge in [-0.15, -0.1) is 0 Å². The van der Waals surface area contributed by atoms with Crippen LogP contribution in [0.2, 0.25) is 0 Å². The van der Waals surface area contributed by atoms with Crippen molar-refractivity contribution in [2.45, 2.75) is 19.4 Å². The molecule has 5 heteroatoms. The number of hydrogen-bond acceptors (Lipinski definition) is 3. The Morgan fingerprint density at radius 3 is 2.62 bits per heavy atom. The number of aromatic nitrogens is 1. The van der Waals surface area contributed by atoms with Crippen LogP contribution in [0.15, 0.2) is 72.8 Å². The Morgan fingerprint density at radius 1 is 0.938 bits per heavy atom. The van der Waals surface area contributed by atoms with Crippen molar-refractivity contribution in [3.63, 3.8) is 0 Å². The van der Waals surface area contributed by atoms with Crippen LogP contribution in [0.5, 0.6) is 0 Å². The Bertz CT molecular complexity index is 1440. The van der Waals surface area contributed by atoms with Crippen LogP contribution in [0.3, 0.4) is 0 Å². The summed E-state index contributed by atoms with van der Waals surface area (Å²) in [6, 6.07) is 21.8. The largest absolute Gasteiger partial charge is 0.345 e. The molecule has 0 spiro atoms. The van der Waals surface area contributed by atoms with Gasteiger partial charge in [0, 0.05) is 23.7 Å². The van der Waals surface area contributed by atoms with Gasteiger partial charge in [-0.05, 0) is 59.8 Å². The monoisotopic (exact) mass is 421 g/mol. The van der Waals surface area contributed by atoms with Crippen molar-refractivity contribution in [1.82, 2.24) is 4.57 Å². The number of rotatable bonds is 3. The van der Waals surface area contributed by atoms with E-state index >= 15 is 0 Å². The molecule has 2 aliphatic rings. The molecular weight excluding hydrogens is 398 g/mol. The Morgan fingerprint density at radius 2 is 1.75 bits per heavy atom. The average Bonchev–Trinajstić information content (AvgIpc) is 3.34. The number of benzene rings is 3. The van der Waals surface area contributed by atoms with Crippen LogP contribution < -0.4 is 10.6 Å². The molecule has 0 radical (unpaired) electrons. The molecule has 2 aliphatic heterocycles. The van der Waals surface area contributed by atoms with Crippen molar-refractivity contribution in [1.29, 1.82) is 0 Å². The molecule has 6 rings (SSSR count). The number of hydrogen-bond donors (Lipinski definition) is 1. The summed E-state index contributed by atoms with van der Waals surface area (Å²) in [5.74, 6) is -0.0951. The molecule has 0 aliphatic carbocycles. The van der Waals surface area contributed by atoms with Crippen LogP contribution in [0.25, 0.3) is 27.2 Å². The van der Waals surface area contributed by atoms with E-state index < -0.39 is 0 Å². The molecule has 0 bridgehead atoms. The van der Waals surface area contributed by atoms with E-state index in [-0.39, 0.29) is 11.8 Å². The fourth-order valence-electron chi connectivity index (χ4n) is 5.21. The molecule has 5 nitrogen and oxygen atoms in total. The van der Waals surface area contributed by atoms with Crippen molar-refractivity contribution in [2.75, 3.05) is 11.4 Å². The number of aryl methyl sites for hydroxylation is 1. The molecule has 1 atom stereocenters. The lowest BCUT2D eigenvalue weighted by Gasteiger charge is -2.23. The van der Waals surface area contributed by atoms with Crippen molar-refractivity contribution >= 4 is 44.8 Å². The Balaban J connectivity index is 1.45. The molecule has 3 heterocycles. The maximum absolute atomic E-state index is 13.6. The van der Waals surface area contributed by atoms with E-state index in [1.54, 1.807) is 0 Å². The first-order chi connectivity index (χ1) is 15.7. The van der Waals surface area contributed by atoms with Crippen LogP contribution in [-0.2, 0) is 22.6 Å². The lowest BCUT2D eigenvalue weighted by molar-refractivity contribution is -0.119. The topological polar surface area (TPSA) is 68.3 Å². The second-order valence-corrected chi connectivity index (χ2v) is 8.66. The molecular formula is C27H23N3O2. The maximum Gasteiger partial charge on any atom is 0.266 e. The second-order valence-electron chi connectivity index (χ2n) is 8.66. The fourth-order valence-corrected chi connectivity index (χ4v) is 5.21. The first-order valence-corrected chi connectivity index (χ1v) is 11.0. The number of amides is 2. The number of nitrogens with zero attached hydrogens (tertiary/aromatic N) is 2. The summed E-state index contributed by atoms with van der Waals surface area (Å²) in [6.45, 7) is 1.58. The van der Waals surface area contributed by atoms with Crippen LogP contribution in [0.4, 0.5) is 5.69 Å². The van der Waals surface area contributed by atoms with Gasteiger partial charge in [0.2, 0.25) is 0 Å². The number of anilines is 1.